The molecule has 0 fully saturated rings. The maximum absolute atomic E-state index is 14.0. The lowest BCUT2D eigenvalue weighted by Crippen LogP contribution is -2.10. The standard InChI is InChI=1S/C19H17F5N2/c1-9-5-13(19(24)16(23)6-9)12(4)26-18-8-17(14(21)7-15(18)22)25-11(3)10(2)20/h5-8,10,25-26H,3-4H2,1-2H3. The van der Waals surface area contributed by atoms with Crippen LogP contribution in [0.4, 0.5) is 33.3 Å². The van der Waals surface area contributed by atoms with Crippen molar-refractivity contribution in [2.24, 2.45) is 0 Å². The highest BCUT2D eigenvalue weighted by Crippen LogP contribution is 2.29. The molecule has 2 nitrogen and oxygen atoms in total. The number of anilines is 2. The summed E-state index contributed by atoms with van der Waals surface area (Å²) in [5, 5.41) is 4.89. The van der Waals surface area contributed by atoms with Crippen LogP contribution in [0.5, 0.6) is 0 Å². The Hall–Kier alpha value is -2.83. The molecule has 0 heterocycles. The van der Waals surface area contributed by atoms with Crippen molar-refractivity contribution in [1.82, 2.24) is 0 Å². The normalized spacial score (nSPS) is 11.8. The van der Waals surface area contributed by atoms with Crippen LogP contribution in [0.1, 0.15) is 18.1 Å². The van der Waals surface area contributed by atoms with E-state index in [1.165, 1.54) is 13.0 Å². The summed E-state index contributed by atoms with van der Waals surface area (Å²) in [5.74, 6) is -4.17. The highest BCUT2D eigenvalue weighted by atomic mass is 19.2. The van der Waals surface area contributed by atoms with Crippen LogP contribution in [-0.4, -0.2) is 6.17 Å². The summed E-state index contributed by atoms with van der Waals surface area (Å²) in [6.07, 6.45) is -1.46. The van der Waals surface area contributed by atoms with E-state index in [2.05, 4.69) is 23.8 Å². The molecule has 0 aliphatic rings. The number of hydrogen-bond donors (Lipinski definition) is 2. The first kappa shape index (κ1) is 19.5. The van der Waals surface area contributed by atoms with Crippen LogP contribution in [0.25, 0.3) is 5.70 Å². The highest BCUT2D eigenvalue weighted by molar-refractivity contribution is 5.77. The van der Waals surface area contributed by atoms with Gasteiger partial charge >= 0.3 is 0 Å². The maximum Gasteiger partial charge on any atom is 0.168 e. The van der Waals surface area contributed by atoms with Gasteiger partial charge in [0.05, 0.1) is 11.4 Å². The van der Waals surface area contributed by atoms with Crippen LogP contribution in [0.2, 0.25) is 0 Å². The third kappa shape index (κ3) is 4.22. The molecule has 0 bridgehead atoms. The summed E-state index contributed by atoms with van der Waals surface area (Å²) in [5.41, 5.74) is -0.475. The van der Waals surface area contributed by atoms with Crippen LogP contribution in [0, 0.1) is 30.2 Å². The fourth-order valence-corrected chi connectivity index (χ4v) is 2.19. The minimum Gasteiger partial charge on any atom is -0.355 e. The molecule has 2 rings (SSSR count). The second kappa shape index (κ2) is 7.59. The molecule has 0 saturated heterocycles. The van der Waals surface area contributed by atoms with E-state index in [-0.39, 0.29) is 28.3 Å². The topological polar surface area (TPSA) is 24.1 Å². The Morgan fingerprint density at radius 2 is 1.46 bits per heavy atom. The van der Waals surface area contributed by atoms with E-state index in [9.17, 15) is 22.0 Å². The molecule has 2 aromatic carbocycles. The number of nitrogens with one attached hydrogen (secondary N) is 2. The van der Waals surface area contributed by atoms with Crippen molar-refractivity contribution in [2.45, 2.75) is 20.0 Å². The summed E-state index contributed by atoms with van der Waals surface area (Å²) >= 11 is 0. The molecule has 2 aromatic rings. The first-order valence-corrected chi connectivity index (χ1v) is 7.61. The first-order valence-electron chi connectivity index (χ1n) is 7.61. The van der Waals surface area contributed by atoms with Gasteiger partial charge in [-0.2, -0.15) is 0 Å². The van der Waals surface area contributed by atoms with E-state index < -0.39 is 29.4 Å². The molecule has 138 valence electrons. The van der Waals surface area contributed by atoms with Gasteiger partial charge in [-0.25, -0.2) is 22.0 Å². The molecular weight excluding hydrogens is 351 g/mol. The average Bonchev–Trinajstić information content (AvgIpc) is 2.54. The first-order chi connectivity index (χ1) is 12.1. The fraction of sp³-hybridized carbons (Fsp3) is 0.158. The molecule has 2 N–H and O–H groups in total. The Morgan fingerprint density at radius 3 is 2.04 bits per heavy atom. The zero-order valence-electron chi connectivity index (χ0n) is 14.2. The number of hydrogen-bond acceptors (Lipinski definition) is 2. The summed E-state index contributed by atoms with van der Waals surface area (Å²) in [4.78, 5) is 0. The van der Waals surface area contributed by atoms with Gasteiger partial charge in [-0.1, -0.05) is 13.2 Å². The van der Waals surface area contributed by atoms with Gasteiger partial charge in [-0.05, 0) is 37.6 Å². The number of aryl methyl sites for hydroxylation is 1. The molecule has 0 saturated carbocycles. The third-order valence-corrected chi connectivity index (χ3v) is 3.62. The van der Waals surface area contributed by atoms with E-state index in [1.807, 2.05) is 0 Å². The molecule has 0 aliphatic carbocycles. The lowest BCUT2D eigenvalue weighted by atomic mass is 10.1. The largest absolute Gasteiger partial charge is 0.355 e. The summed E-state index contributed by atoms with van der Waals surface area (Å²) in [6.45, 7) is 9.74. The van der Waals surface area contributed by atoms with Crippen molar-refractivity contribution in [3.8, 4) is 0 Å². The van der Waals surface area contributed by atoms with Gasteiger partial charge in [-0.3, -0.25) is 0 Å². The van der Waals surface area contributed by atoms with Gasteiger partial charge in [0, 0.05) is 23.0 Å². The average molecular weight is 368 g/mol. The molecular formula is C19H17F5N2. The number of allylic oxidation sites excluding steroid dienone is 1. The van der Waals surface area contributed by atoms with Gasteiger partial charge in [0.25, 0.3) is 0 Å². The Bertz CT molecular complexity index is 875. The Balaban J connectivity index is 2.34. The van der Waals surface area contributed by atoms with Crippen LogP contribution < -0.4 is 10.6 Å². The lowest BCUT2D eigenvalue weighted by molar-refractivity contribution is 0.413. The van der Waals surface area contributed by atoms with Crippen molar-refractivity contribution in [2.75, 3.05) is 10.6 Å². The molecule has 1 unspecified atom stereocenters. The third-order valence-electron chi connectivity index (χ3n) is 3.62. The summed E-state index contributed by atoms with van der Waals surface area (Å²) in [6, 6.07) is 3.94. The van der Waals surface area contributed by atoms with Crippen molar-refractivity contribution >= 4 is 17.1 Å². The predicted molar refractivity (Wildman–Crippen MR) is 93.4 cm³/mol. The summed E-state index contributed by atoms with van der Waals surface area (Å²) < 4.78 is 68.5. The second-order valence-electron chi connectivity index (χ2n) is 5.79. The van der Waals surface area contributed by atoms with Gasteiger partial charge in [0.2, 0.25) is 0 Å². The number of alkyl halides is 1. The smallest absolute Gasteiger partial charge is 0.168 e. The molecule has 7 heteroatoms. The van der Waals surface area contributed by atoms with Crippen LogP contribution >= 0.6 is 0 Å². The van der Waals surface area contributed by atoms with Gasteiger partial charge in [0.15, 0.2) is 11.6 Å². The molecule has 0 aliphatic heterocycles. The molecule has 0 radical (unpaired) electrons. The van der Waals surface area contributed by atoms with E-state index in [1.54, 1.807) is 6.92 Å². The minimum absolute atomic E-state index is 0.118. The number of benzene rings is 2. The number of halogens is 5. The van der Waals surface area contributed by atoms with Crippen molar-refractivity contribution in [3.05, 3.63) is 77.5 Å². The van der Waals surface area contributed by atoms with Crippen molar-refractivity contribution in [1.29, 1.82) is 0 Å². The van der Waals surface area contributed by atoms with Gasteiger partial charge in [-0.15, -0.1) is 0 Å². The van der Waals surface area contributed by atoms with Crippen LogP contribution in [0.15, 0.2) is 43.1 Å². The second-order valence-corrected chi connectivity index (χ2v) is 5.79. The van der Waals surface area contributed by atoms with E-state index in [0.717, 1.165) is 12.1 Å². The van der Waals surface area contributed by atoms with Crippen LogP contribution in [-0.2, 0) is 0 Å². The predicted octanol–water partition coefficient (Wildman–Crippen LogP) is 5.92. The van der Waals surface area contributed by atoms with Gasteiger partial charge in [0.1, 0.15) is 17.8 Å². The quantitative estimate of drug-likeness (QED) is 0.619. The Morgan fingerprint density at radius 1 is 0.885 bits per heavy atom. The van der Waals surface area contributed by atoms with Gasteiger partial charge < -0.3 is 10.6 Å². The monoisotopic (exact) mass is 368 g/mol. The zero-order chi connectivity index (χ0) is 19.6. The fourth-order valence-electron chi connectivity index (χ4n) is 2.19. The van der Waals surface area contributed by atoms with E-state index in [4.69, 9.17) is 0 Å². The highest BCUT2D eigenvalue weighted by Gasteiger charge is 2.16. The van der Waals surface area contributed by atoms with Crippen molar-refractivity contribution in [3.63, 3.8) is 0 Å². The minimum atomic E-state index is -1.46. The van der Waals surface area contributed by atoms with Crippen molar-refractivity contribution < 1.29 is 22.0 Å². The molecule has 0 spiro atoms. The Kier molecular flexibility index (Phi) is 5.69. The molecule has 0 amide bonds. The summed E-state index contributed by atoms with van der Waals surface area (Å²) in [7, 11) is 0. The molecule has 0 aromatic heterocycles. The Labute approximate surface area is 148 Å². The zero-order valence-corrected chi connectivity index (χ0v) is 14.2. The van der Waals surface area contributed by atoms with E-state index >= 15 is 0 Å². The van der Waals surface area contributed by atoms with Crippen LogP contribution in [0.3, 0.4) is 0 Å². The number of rotatable bonds is 6. The SMILES string of the molecule is C=C(Nc1cc(NC(=C)C(C)F)c(F)cc1F)c1cc(C)cc(F)c1F. The molecule has 1 atom stereocenters. The molecule has 26 heavy (non-hydrogen) atoms. The van der Waals surface area contributed by atoms with E-state index in [0.29, 0.717) is 11.6 Å². The maximum atomic E-state index is 14.0. The lowest BCUT2D eigenvalue weighted by Gasteiger charge is -2.16.